The van der Waals surface area contributed by atoms with Crippen molar-refractivity contribution >= 4 is 10.0 Å². The van der Waals surface area contributed by atoms with E-state index in [0.29, 0.717) is 5.69 Å². The van der Waals surface area contributed by atoms with E-state index >= 15 is 0 Å². The summed E-state index contributed by atoms with van der Waals surface area (Å²) >= 11 is 0. The quantitative estimate of drug-likeness (QED) is 0.738. The summed E-state index contributed by atoms with van der Waals surface area (Å²) in [6.07, 6.45) is -2.94. The maximum Gasteiger partial charge on any atom is 0.435 e. The highest BCUT2D eigenvalue weighted by Crippen LogP contribution is 2.42. The van der Waals surface area contributed by atoms with Gasteiger partial charge in [0.1, 0.15) is 5.82 Å². The second-order valence-corrected chi connectivity index (χ2v) is 8.04. The molecule has 1 aromatic heterocycles. The third-order valence-electron chi connectivity index (χ3n) is 3.99. The van der Waals surface area contributed by atoms with Crippen molar-refractivity contribution in [3.8, 4) is 0 Å². The molecule has 0 saturated heterocycles. The van der Waals surface area contributed by atoms with Crippen molar-refractivity contribution in [1.82, 2.24) is 14.5 Å². The zero-order chi connectivity index (χ0) is 18.9. The molecule has 0 unspecified atom stereocenters. The average Bonchev–Trinajstić information content (AvgIpc) is 3.26. The molecular weight excluding hydrogens is 374 g/mol. The number of alkyl halides is 3. The average molecular weight is 391 g/mol. The van der Waals surface area contributed by atoms with Gasteiger partial charge in [-0.05, 0) is 36.6 Å². The van der Waals surface area contributed by atoms with E-state index in [1.54, 1.807) is 0 Å². The fourth-order valence-electron chi connectivity index (χ4n) is 2.66. The molecule has 1 N–H and O–H groups in total. The summed E-state index contributed by atoms with van der Waals surface area (Å²) < 4.78 is 79.3. The van der Waals surface area contributed by atoms with Crippen LogP contribution in [-0.2, 0) is 28.5 Å². The normalized spacial score (nSPS) is 15.4. The number of rotatable bonds is 7. The first-order chi connectivity index (χ1) is 12.1. The second kappa shape index (κ2) is 6.99. The molecule has 142 valence electrons. The van der Waals surface area contributed by atoms with Gasteiger partial charge in [-0.15, -0.1) is 0 Å². The molecule has 1 aliphatic carbocycles. The van der Waals surface area contributed by atoms with E-state index in [2.05, 4.69) is 9.82 Å². The van der Waals surface area contributed by atoms with Gasteiger partial charge in [0, 0.05) is 18.2 Å². The van der Waals surface area contributed by atoms with Crippen LogP contribution in [0, 0.1) is 5.82 Å². The number of aromatic nitrogens is 2. The van der Waals surface area contributed by atoms with Gasteiger partial charge in [-0.2, -0.15) is 18.3 Å². The highest BCUT2D eigenvalue weighted by Gasteiger charge is 2.37. The molecule has 5 nitrogen and oxygen atoms in total. The Morgan fingerprint density at radius 1 is 1.23 bits per heavy atom. The van der Waals surface area contributed by atoms with Crippen LogP contribution in [0.2, 0.25) is 0 Å². The van der Waals surface area contributed by atoms with E-state index in [0.717, 1.165) is 25.0 Å². The van der Waals surface area contributed by atoms with Crippen molar-refractivity contribution in [2.75, 3.05) is 6.54 Å². The lowest BCUT2D eigenvalue weighted by Crippen LogP contribution is -2.29. The Kier molecular flexibility index (Phi) is 5.07. The maximum atomic E-state index is 13.1. The van der Waals surface area contributed by atoms with Crippen molar-refractivity contribution in [1.29, 1.82) is 0 Å². The van der Waals surface area contributed by atoms with E-state index in [1.165, 1.54) is 22.9 Å². The predicted molar refractivity (Wildman–Crippen MR) is 86.2 cm³/mol. The first kappa shape index (κ1) is 18.8. The molecule has 1 aromatic carbocycles. The zero-order valence-electron chi connectivity index (χ0n) is 13.6. The highest BCUT2D eigenvalue weighted by atomic mass is 32.2. The van der Waals surface area contributed by atoms with E-state index in [1.807, 2.05) is 0 Å². The standard InChI is InChI=1S/C16H17F4N3O2S/c17-13-3-1-2-11(8-13)10-26(24,25)21-6-7-23-14(12-4-5-12)9-15(22-23)16(18,19)20/h1-3,8-9,12,21H,4-7,10H2. The molecule has 1 aliphatic rings. The van der Waals surface area contributed by atoms with E-state index in [4.69, 9.17) is 0 Å². The van der Waals surface area contributed by atoms with Gasteiger partial charge < -0.3 is 0 Å². The SMILES string of the molecule is O=S(=O)(Cc1cccc(F)c1)NCCn1nc(C(F)(F)F)cc1C1CC1. The zero-order valence-corrected chi connectivity index (χ0v) is 14.4. The topological polar surface area (TPSA) is 64.0 Å². The van der Waals surface area contributed by atoms with E-state index in [9.17, 15) is 26.0 Å². The molecule has 1 fully saturated rings. The lowest BCUT2D eigenvalue weighted by Gasteiger charge is -2.09. The molecule has 0 radical (unpaired) electrons. The Morgan fingerprint density at radius 2 is 1.96 bits per heavy atom. The van der Waals surface area contributed by atoms with Gasteiger partial charge in [-0.3, -0.25) is 4.68 Å². The molecule has 0 spiro atoms. The lowest BCUT2D eigenvalue weighted by molar-refractivity contribution is -0.141. The van der Waals surface area contributed by atoms with Gasteiger partial charge in [-0.25, -0.2) is 17.5 Å². The van der Waals surface area contributed by atoms with Crippen molar-refractivity contribution in [3.63, 3.8) is 0 Å². The Bertz CT molecular complexity index is 889. The molecular formula is C16H17F4N3O2S. The third-order valence-corrected chi connectivity index (χ3v) is 5.35. The molecule has 2 aromatic rings. The van der Waals surface area contributed by atoms with Gasteiger partial charge in [0.15, 0.2) is 5.69 Å². The molecule has 26 heavy (non-hydrogen) atoms. The van der Waals surface area contributed by atoms with Gasteiger partial charge in [0.05, 0.1) is 12.3 Å². The fraction of sp³-hybridized carbons (Fsp3) is 0.438. The number of nitrogens with one attached hydrogen (secondary N) is 1. The van der Waals surface area contributed by atoms with Crippen LogP contribution in [-0.4, -0.2) is 24.7 Å². The monoisotopic (exact) mass is 391 g/mol. The summed E-state index contributed by atoms with van der Waals surface area (Å²) in [5.74, 6) is -0.904. The largest absolute Gasteiger partial charge is 0.435 e. The van der Waals surface area contributed by atoms with Crippen molar-refractivity contribution in [2.24, 2.45) is 0 Å². The summed E-state index contributed by atoms with van der Waals surface area (Å²) in [6, 6.07) is 6.24. The van der Waals surface area contributed by atoms with Gasteiger partial charge in [0.2, 0.25) is 10.0 Å². The Balaban J connectivity index is 1.63. The number of hydrogen-bond donors (Lipinski definition) is 1. The first-order valence-electron chi connectivity index (χ1n) is 8.01. The number of sulfonamides is 1. The van der Waals surface area contributed by atoms with Crippen molar-refractivity contribution < 1.29 is 26.0 Å². The number of hydrogen-bond acceptors (Lipinski definition) is 3. The highest BCUT2D eigenvalue weighted by molar-refractivity contribution is 7.88. The smallest absolute Gasteiger partial charge is 0.267 e. The van der Waals surface area contributed by atoms with Crippen LogP contribution in [0.25, 0.3) is 0 Å². The van der Waals surface area contributed by atoms with Gasteiger partial charge in [0.25, 0.3) is 0 Å². The first-order valence-corrected chi connectivity index (χ1v) is 9.66. The second-order valence-electron chi connectivity index (χ2n) is 6.23. The predicted octanol–water partition coefficient (Wildman–Crippen LogP) is 3.04. The van der Waals surface area contributed by atoms with Crippen LogP contribution in [0.1, 0.15) is 35.7 Å². The summed E-state index contributed by atoms with van der Waals surface area (Å²) in [7, 11) is -3.74. The van der Waals surface area contributed by atoms with Crippen LogP contribution < -0.4 is 4.72 Å². The summed E-state index contributed by atoms with van der Waals surface area (Å²) in [4.78, 5) is 0. The van der Waals surface area contributed by atoms with Crippen LogP contribution in [0.15, 0.2) is 30.3 Å². The molecule has 0 atom stereocenters. The van der Waals surface area contributed by atoms with E-state index in [-0.39, 0.29) is 24.6 Å². The lowest BCUT2D eigenvalue weighted by atomic mass is 10.2. The Hall–Kier alpha value is -1.94. The number of halogens is 4. The minimum atomic E-state index is -4.54. The van der Waals surface area contributed by atoms with E-state index < -0.39 is 33.5 Å². The Morgan fingerprint density at radius 3 is 2.58 bits per heavy atom. The molecule has 0 bridgehead atoms. The maximum absolute atomic E-state index is 13.1. The van der Waals surface area contributed by atoms with Gasteiger partial charge in [-0.1, -0.05) is 12.1 Å². The third kappa shape index (κ3) is 4.82. The fourth-order valence-corrected chi connectivity index (χ4v) is 3.78. The van der Waals surface area contributed by atoms with Crippen LogP contribution in [0.3, 0.4) is 0 Å². The van der Waals surface area contributed by atoms with Crippen LogP contribution >= 0.6 is 0 Å². The molecule has 1 saturated carbocycles. The minimum absolute atomic E-state index is 0.00963. The summed E-state index contributed by atoms with van der Waals surface area (Å²) in [5, 5.41) is 3.57. The number of benzene rings is 1. The van der Waals surface area contributed by atoms with Crippen molar-refractivity contribution in [3.05, 3.63) is 53.1 Å². The van der Waals surface area contributed by atoms with Crippen LogP contribution in [0.5, 0.6) is 0 Å². The van der Waals surface area contributed by atoms with Crippen LogP contribution in [0.4, 0.5) is 17.6 Å². The molecule has 3 rings (SSSR count). The molecule has 10 heteroatoms. The molecule has 1 heterocycles. The minimum Gasteiger partial charge on any atom is -0.267 e. The summed E-state index contributed by atoms with van der Waals surface area (Å²) in [6.45, 7) is -0.110. The molecule has 0 amide bonds. The van der Waals surface area contributed by atoms with Gasteiger partial charge >= 0.3 is 6.18 Å². The summed E-state index contributed by atoms with van der Waals surface area (Å²) in [5.41, 5.74) is -0.210. The Labute approximate surface area is 148 Å². The molecule has 0 aliphatic heterocycles. The number of nitrogens with zero attached hydrogens (tertiary/aromatic N) is 2. The van der Waals surface area contributed by atoms with Crippen molar-refractivity contribution in [2.45, 2.75) is 37.2 Å².